The SMILES string of the molecule is COc1ccc(Cl)cc1C(=O)N=c1sn(C(C)(C)C)cc1C1CCOCC1. The highest BCUT2D eigenvalue weighted by Gasteiger charge is 2.23. The molecule has 0 radical (unpaired) electrons. The molecule has 0 unspecified atom stereocenters. The molecule has 1 aliphatic heterocycles. The summed E-state index contributed by atoms with van der Waals surface area (Å²) in [6.45, 7) is 7.91. The highest BCUT2D eigenvalue weighted by Crippen LogP contribution is 2.28. The number of carbonyl (C=O) groups excluding carboxylic acids is 1. The molecule has 1 aromatic carbocycles. The summed E-state index contributed by atoms with van der Waals surface area (Å²) in [5, 5.41) is 0.481. The second-order valence-corrected chi connectivity index (χ2v) is 9.02. The van der Waals surface area contributed by atoms with Crippen molar-refractivity contribution in [3.8, 4) is 5.75 Å². The van der Waals surface area contributed by atoms with Gasteiger partial charge in [-0.05, 0) is 69.3 Å². The zero-order valence-corrected chi connectivity index (χ0v) is 17.7. The molecule has 0 spiro atoms. The Balaban J connectivity index is 2.07. The van der Waals surface area contributed by atoms with Crippen LogP contribution < -0.4 is 9.41 Å². The fourth-order valence-corrected chi connectivity index (χ4v) is 4.30. The summed E-state index contributed by atoms with van der Waals surface area (Å²) in [5.74, 6) is 0.484. The largest absolute Gasteiger partial charge is 0.496 e. The predicted octanol–water partition coefficient (Wildman–Crippen LogP) is 4.60. The molecule has 1 aromatic heterocycles. The van der Waals surface area contributed by atoms with E-state index >= 15 is 0 Å². The quantitative estimate of drug-likeness (QED) is 0.745. The summed E-state index contributed by atoms with van der Waals surface area (Å²) in [4.78, 5) is 17.4. The van der Waals surface area contributed by atoms with Gasteiger partial charge in [-0.1, -0.05) is 11.6 Å². The second-order valence-electron chi connectivity index (χ2n) is 7.63. The molecule has 0 aliphatic carbocycles. The number of hydrogen-bond acceptors (Lipinski definition) is 4. The number of nitrogens with zero attached hydrogens (tertiary/aromatic N) is 2. The Hall–Kier alpha value is -1.63. The van der Waals surface area contributed by atoms with Crippen molar-refractivity contribution in [1.29, 1.82) is 0 Å². The lowest BCUT2D eigenvalue weighted by atomic mass is 9.94. The standard InChI is InChI=1S/C20H25ClN2O3S/c1-20(2,3)23-12-16(13-7-9-26-10-8-13)19(27-23)22-18(24)15-11-14(21)5-6-17(15)25-4/h5-6,11-13H,7-10H2,1-4H3. The first-order chi connectivity index (χ1) is 12.8. The highest BCUT2D eigenvalue weighted by atomic mass is 35.5. The molecule has 1 aliphatic rings. The molecule has 0 atom stereocenters. The fraction of sp³-hybridized carbons (Fsp3) is 0.500. The molecule has 146 valence electrons. The maximum absolute atomic E-state index is 12.9. The van der Waals surface area contributed by atoms with Crippen molar-refractivity contribution in [2.24, 2.45) is 4.99 Å². The van der Waals surface area contributed by atoms with E-state index < -0.39 is 0 Å². The van der Waals surface area contributed by atoms with Crippen molar-refractivity contribution in [1.82, 2.24) is 3.96 Å². The van der Waals surface area contributed by atoms with E-state index in [0.29, 0.717) is 22.3 Å². The van der Waals surface area contributed by atoms with Gasteiger partial charge in [0.15, 0.2) is 0 Å². The number of benzene rings is 1. The van der Waals surface area contributed by atoms with Gasteiger partial charge in [-0.15, -0.1) is 0 Å². The van der Waals surface area contributed by atoms with E-state index in [9.17, 15) is 4.79 Å². The van der Waals surface area contributed by atoms with Crippen LogP contribution in [0.3, 0.4) is 0 Å². The lowest BCUT2D eigenvalue weighted by Gasteiger charge is -2.22. The first kappa shape index (κ1) is 20.1. The van der Waals surface area contributed by atoms with Crippen LogP contribution in [0.4, 0.5) is 0 Å². The third kappa shape index (κ3) is 4.62. The normalized spacial score (nSPS) is 16.6. The number of carbonyl (C=O) groups is 1. The highest BCUT2D eigenvalue weighted by molar-refractivity contribution is 7.04. The molecule has 1 amide bonds. The summed E-state index contributed by atoms with van der Waals surface area (Å²) in [7, 11) is 1.53. The fourth-order valence-electron chi connectivity index (χ4n) is 3.06. The van der Waals surface area contributed by atoms with Gasteiger partial charge in [0.2, 0.25) is 0 Å². The molecular weight excluding hydrogens is 384 g/mol. The lowest BCUT2D eigenvalue weighted by Crippen LogP contribution is -2.19. The topological polar surface area (TPSA) is 52.8 Å². The molecule has 0 N–H and O–H groups in total. The molecule has 5 nitrogen and oxygen atoms in total. The number of ether oxygens (including phenoxy) is 2. The molecule has 0 bridgehead atoms. The van der Waals surface area contributed by atoms with Gasteiger partial charge in [-0.25, -0.2) is 0 Å². The molecular formula is C20H25ClN2O3S. The molecule has 27 heavy (non-hydrogen) atoms. The minimum absolute atomic E-state index is 0.0743. The van der Waals surface area contributed by atoms with E-state index in [1.807, 2.05) is 0 Å². The number of aromatic nitrogens is 1. The Morgan fingerprint density at radius 3 is 2.67 bits per heavy atom. The molecule has 2 aromatic rings. The van der Waals surface area contributed by atoms with Gasteiger partial charge >= 0.3 is 0 Å². The summed E-state index contributed by atoms with van der Waals surface area (Å²) in [6.07, 6.45) is 4.03. The monoisotopic (exact) mass is 408 g/mol. The van der Waals surface area contributed by atoms with Crippen LogP contribution in [0, 0.1) is 0 Å². The van der Waals surface area contributed by atoms with Crippen LogP contribution in [0.5, 0.6) is 5.75 Å². The number of rotatable bonds is 3. The Kier molecular flexibility index (Phi) is 6.08. The zero-order chi connectivity index (χ0) is 19.6. The maximum atomic E-state index is 12.9. The Morgan fingerprint density at radius 2 is 2.04 bits per heavy atom. The van der Waals surface area contributed by atoms with Crippen LogP contribution in [-0.4, -0.2) is 30.2 Å². The van der Waals surface area contributed by atoms with Gasteiger partial charge in [0.05, 0.1) is 12.7 Å². The summed E-state index contributed by atoms with van der Waals surface area (Å²) in [5.41, 5.74) is 1.42. The smallest absolute Gasteiger partial charge is 0.282 e. The van der Waals surface area contributed by atoms with E-state index in [2.05, 4.69) is 35.9 Å². The van der Waals surface area contributed by atoms with Gasteiger partial charge in [-0.2, -0.15) is 4.99 Å². The van der Waals surface area contributed by atoms with Crippen LogP contribution in [0.25, 0.3) is 0 Å². The van der Waals surface area contributed by atoms with Gasteiger partial charge < -0.3 is 9.47 Å². The predicted molar refractivity (Wildman–Crippen MR) is 108 cm³/mol. The number of hydrogen-bond donors (Lipinski definition) is 0. The van der Waals surface area contributed by atoms with E-state index in [4.69, 9.17) is 21.1 Å². The van der Waals surface area contributed by atoms with Crippen molar-refractivity contribution in [2.45, 2.75) is 45.1 Å². The summed E-state index contributed by atoms with van der Waals surface area (Å²) < 4.78 is 13.7. The molecule has 0 saturated carbocycles. The third-order valence-corrected chi connectivity index (χ3v) is 6.19. The molecule has 1 fully saturated rings. The number of halogens is 1. The lowest BCUT2D eigenvalue weighted by molar-refractivity contribution is 0.0850. The maximum Gasteiger partial charge on any atom is 0.282 e. The van der Waals surface area contributed by atoms with Gasteiger partial charge in [0.25, 0.3) is 5.91 Å². The first-order valence-corrected chi connectivity index (χ1v) is 10.2. The van der Waals surface area contributed by atoms with Crippen LogP contribution in [0.2, 0.25) is 5.02 Å². The molecule has 3 rings (SSSR count). The van der Waals surface area contributed by atoms with Crippen molar-refractivity contribution in [3.05, 3.63) is 45.2 Å². The average molecular weight is 409 g/mol. The second kappa shape index (κ2) is 8.17. The van der Waals surface area contributed by atoms with Gasteiger partial charge in [-0.3, -0.25) is 8.75 Å². The average Bonchev–Trinajstić information content (AvgIpc) is 3.06. The van der Waals surface area contributed by atoms with Crippen molar-refractivity contribution in [2.75, 3.05) is 20.3 Å². The number of methoxy groups -OCH3 is 1. The van der Waals surface area contributed by atoms with Crippen molar-refractivity contribution in [3.63, 3.8) is 0 Å². The van der Waals surface area contributed by atoms with E-state index in [0.717, 1.165) is 36.3 Å². The number of amides is 1. The van der Waals surface area contributed by atoms with Crippen molar-refractivity contribution >= 4 is 29.0 Å². The minimum Gasteiger partial charge on any atom is -0.496 e. The van der Waals surface area contributed by atoms with Crippen molar-refractivity contribution < 1.29 is 14.3 Å². The minimum atomic E-state index is -0.342. The third-order valence-electron chi connectivity index (χ3n) is 4.61. The Bertz CT molecular complexity index is 889. The van der Waals surface area contributed by atoms with Crippen LogP contribution in [0.15, 0.2) is 29.4 Å². The van der Waals surface area contributed by atoms with Gasteiger partial charge in [0, 0.05) is 35.5 Å². The molecule has 7 heteroatoms. The summed E-state index contributed by atoms with van der Waals surface area (Å²) >= 11 is 7.59. The van der Waals surface area contributed by atoms with Crippen LogP contribution in [-0.2, 0) is 10.3 Å². The summed E-state index contributed by atoms with van der Waals surface area (Å²) in [6, 6.07) is 4.99. The van der Waals surface area contributed by atoms with E-state index in [-0.39, 0.29) is 11.4 Å². The molecule has 1 saturated heterocycles. The Labute approximate surface area is 168 Å². The van der Waals surface area contributed by atoms with Gasteiger partial charge in [0.1, 0.15) is 10.4 Å². The van der Waals surface area contributed by atoms with E-state index in [1.54, 1.807) is 18.2 Å². The molecule has 2 heterocycles. The first-order valence-electron chi connectivity index (χ1n) is 9.03. The zero-order valence-electron chi connectivity index (χ0n) is 16.1. The van der Waals surface area contributed by atoms with Crippen LogP contribution in [0.1, 0.15) is 55.5 Å². The Morgan fingerprint density at radius 1 is 1.33 bits per heavy atom. The van der Waals surface area contributed by atoms with Crippen LogP contribution >= 0.6 is 23.1 Å². The van der Waals surface area contributed by atoms with E-state index in [1.165, 1.54) is 18.6 Å².